The lowest BCUT2D eigenvalue weighted by Crippen LogP contribution is -3.11. The molecule has 25 heavy (non-hydrogen) atoms. The van der Waals surface area contributed by atoms with Crippen LogP contribution in [-0.4, -0.2) is 38.8 Å². The highest BCUT2D eigenvalue weighted by molar-refractivity contribution is 9.10. The maximum atomic E-state index is 13.0. The van der Waals surface area contributed by atoms with Crippen molar-refractivity contribution in [3.05, 3.63) is 63.6 Å². The summed E-state index contributed by atoms with van der Waals surface area (Å²) in [6, 6.07) is 12.5. The highest BCUT2D eigenvalue weighted by Crippen LogP contribution is 2.22. The second-order valence-corrected chi connectivity index (χ2v) is 7.20. The normalized spacial score (nSPS) is 12.1. The first-order chi connectivity index (χ1) is 11.8. The Balaban J connectivity index is 2.36. The number of ether oxygens (including phenoxy) is 1. The van der Waals surface area contributed by atoms with Crippen molar-refractivity contribution in [2.75, 3.05) is 21.2 Å². The second-order valence-electron chi connectivity index (χ2n) is 6.29. The molecule has 2 aromatic rings. The first-order valence-electron chi connectivity index (χ1n) is 8.11. The van der Waals surface area contributed by atoms with E-state index in [0.717, 1.165) is 14.9 Å². The van der Waals surface area contributed by atoms with Gasteiger partial charge < -0.3 is 9.64 Å². The van der Waals surface area contributed by atoms with Gasteiger partial charge in [-0.25, -0.2) is 0 Å². The number of likely N-dealkylation sites (N-methyl/N-ethyl adjacent to an activating group) is 1. The third kappa shape index (κ3) is 4.77. The van der Waals surface area contributed by atoms with Gasteiger partial charge in [0.2, 0.25) is 5.78 Å². The summed E-state index contributed by atoms with van der Waals surface area (Å²) in [5.41, 5.74) is 2.17. The third-order valence-corrected chi connectivity index (χ3v) is 4.78. The molecule has 2 aromatic carbocycles. The van der Waals surface area contributed by atoms with Gasteiger partial charge in [0.1, 0.15) is 5.75 Å². The van der Waals surface area contributed by atoms with E-state index in [4.69, 9.17) is 4.74 Å². The number of rotatable bonds is 7. The lowest BCUT2D eigenvalue weighted by molar-refractivity contribution is -0.874. The number of quaternary nitrogens is 1. The Labute approximate surface area is 156 Å². The van der Waals surface area contributed by atoms with E-state index in [0.29, 0.717) is 23.3 Å². The summed E-state index contributed by atoms with van der Waals surface area (Å²) < 4.78 is 6.36. The predicted octanol–water partition coefficient (Wildman–Crippen LogP) is 2.60. The van der Waals surface area contributed by atoms with Crippen molar-refractivity contribution < 1.29 is 19.2 Å². The molecule has 0 aliphatic rings. The van der Waals surface area contributed by atoms with Crippen LogP contribution in [-0.2, 0) is 6.42 Å². The molecule has 0 saturated carbocycles. The highest BCUT2D eigenvalue weighted by Gasteiger charge is 2.27. The maximum Gasteiger partial charge on any atom is 0.220 e. The monoisotopic (exact) mass is 404 g/mol. The first-order valence-corrected chi connectivity index (χ1v) is 8.90. The minimum atomic E-state index is -0.266. The summed E-state index contributed by atoms with van der Waals surface area (Å²) >= 11 is 3.39. The lowest BCUT2D eigenvalue weighted by atomic mass is 9.95. The van der Waals surface area contributed by atoms with Crippen molar-refractivity contribution in [2.45, 2.75) is 19.4 Å². The van der Waals surface area contributed by atoms with Gasteiger partial charge in [0, 0.05) is 27.6 Å². The summed E-state index contributed by atoms with van der Waals surface area (Å²) in [4.78, 5) is 25.7. The molecule has 1 N–H and O–H groups in total. The summed E-state index contributed by atoms with van der Waals surface area (Å²) in [5.74, 6) is 0.763. The molecule has 0 fully saturated rings. The third-order valence-electron chi connectivity index (χ3n) is 4.25. The molecular formula is C20H23BrNO3+. The molecule has 0 amide bonds. The molecule has 4 nitrogen and oxygen atoms in total. The molecule has 1 atom stereocenters. The molecule has 0 saturated heterocycles. The molecule has 0 radical (unpaired) electrons. The van der Waals surface area contributed by atoms with Crippen LogP contribution in [0.2, 0.25) is 0 Å². The Morgan fingerprint density at radius 3 is 2.20 bits per heavy atom. The van der Waals surface area contributed by atoms with Crippen LogP contribution in [0.5, 0.6) is 5.75 Å². The van der Waals surface area contributed by atoms with Crippen LogP contribution < -0.4 is 9.64 Å². The summed E-state index contributed by atoms with van der Waals surface area (Å²) in [7, 11) is 5.52. The van der Waals surface area contributed by atoms with Gasteiger partial charge in [-0.15, -0.1) is 0 Å². The summed E-state index contributed by atoms with van der Waals surface area (Å²) in [5, 5.41) is 0. The van der Waals surface area contributed by atoms with E-state index in [1.54, 1.807) is 19.2 Å². The van der Waals surface area contributed by atoms with E-state index in [1.165, 1.54) is 6.92 Å². The fourth-order valence-corrected chi connectivity index (χ4v) is 3.02. The van der Waals surface area contributed by atoms with Crippen LogP contribution in [0.25, 0.3) is 0 Å². The van der Waals surface area contributed by atoms with Crippen molar-refractivity contribution in [3.8, 4) is 5.75 Å². The number of carbonyl (C=O) groups excluding carboxylic acids is 2. The summed E-state index contributed by atoms with van der Waals surface area (Å²) in [6.45, 7) is 1.53. The molecule has 132 valence electrons. The maximum absolute atomic E-state index is 13.0. The highest BCUT2D eigenvalue weighted by atomic mass is 79.9. The van der Waals surface area contributed by atoms with Crippen LogP contribution in [0, 0.1) is 0 Å². The standard InChI is InChI=1S/C20H22BrNO3/c1-13(23)15-7-10-19(25-4)16(11-15)12-18(22(2)3)20(24)14-5-8-17(21)9-6-14/h5-11,18H,12H2,1-4H3/p+1/t18-/m1/s1. The summed E-state index contributed by atoms with van der Waals surface area (Å²) in [6.07, 6.45) is 0.502. The zero-order valence-corrected chi connectivity index (χ0v) is 16.5. The van der Waals surface area contributed by atoms with Crippen molar-refractivity contribution in [1.29, 1.82) is 0 Å². The average molecular weight is 405 g/mol. The fraction of sp³-hybridized carbons (Fsp3) is 0.300. The van der Waals surface area contributed by atoms with Gasteiger partial charge in [-0.3, -0.25) is 9.59 Å². The number of benzene rings is 2. The van der Waals surface area contributed by atoms with Gasteiger partial charge in [-0.05, 0) is 37.3 Å². The number of halogens is 1. The van der Waals surface area contributed by atoms with Crippen LogP contribution >= 0.6 is 15.9 Å². The zero-order chi connectivity index (χ0) is 18.6. The van der Waals surface area contributed by atoms with E-state index in [-0.39, 0.29) is 17.6 Å². The van der Waals surface area contributed by atoms with Crippen LogP contribution in [0.1, 0.15) is 33.2 Å². The Bertz CT molecular complexity index is 769. The Morgan fingerprint density at radius 2 is 1.68 bits per heavy atom. The van der Waals surface area contributed by atoms with Crippen LogP contribution in [0.3, 0.4) is 0 Å². The smallest absolute Gasteiger partial charge is 0.220 e. The van der Waals surface area contributed by atoms with Crippen molar-refractivity contribution >= 4 is 27.5 Å². The fourth-order valence-electron chi connectivity index (χ4n) is 2.75. The molecule has 2 rings (SSSR count). The minimum Gasteiger partial charge on any atom is -0.496 e. The molecule has 0 aliphatic carbocycles. The Hall–Kier alpha value is -1.98. The van der Waals surface area contributed by atoms with Gasteiger partial charge in [0.25, 0.3) is 0 Å². The van der Waals surface area contributed by atoms with E-state index in [1.807, 2.05) is 44.4 Å². The van der Waals surface area contributed by atoms with E-state index in [9.17, 15) is 9.59 Å². The van der Waals surface area contributed by atoms with E-state index in [2.05, 4.69) is 15.9 Å². The second kappa shape index (κ2) is 8.41. The molecule has 0 heterocycles. The lowest BCUT2D eigenvalue weighted by Gasteiger charge is -2.21. The molecule has 0 aliphatic heterocycles. The SMILES string of the molecule is COc1ccc(C(C)=O)cc1C[C@H](C(=O)c1ccc(Br)cc1)[NH+](C)C. The van der Waals surface area contributed by atoms with Crippen molar-refractivity contribution in [1.82, 2.24) is 0 Å². The van der Waals surface area contributed by atoms with E-state index >= 15 is 0 Å². The number of methoxy groups -OCH3 is 1. The largest absolute Gasteiger partial charge is 0.496 e. The molecule has 0 aromatic heterocycles. The van der Waals surface area contributed by atoms with Gasteiger partial charge in [-0.2, -0.15) is 0 Å². The topological polar surface area (TPSA) is 47.8 Å². The van der Waals surface area contributed by atoms with Gasteiger partial charge in [0.15, 0.2) is 11.8 Å². The minimum absolute atomic E-state index is 0.00288. The Morgan fingerprint density at radius 1 is 1.08 bits per heavy atom. The Kier molecular flexibility index (Phi) is 6.51. The molecule has 0 bridgehead atoms. The number of Topliss-reactive ketones (excluding diaryl/α,β-unsaturated/α-hetero) is 2. The number of carbonyl (C=O) groups is 2. The number of nitrogens with one attached hydrogen (secondary N) is 1. The van der Waals surface area contributed by atoms with Gasteiger partial charge in [0.05, 0.1) is 21.2 Å². The quantitative estimate of drug-likeness (QED) is 0.721. The average Bonchev–Trinajstić information content (AvgIpc) is 2.59. The molecular weight excluding hydrogens is 382 g/mol. The zero-order valence-electron chi connectivity index (χ0n) is 14.9. The number of hydrogen-bond acceptors (Lipinski definition) is 3. The van der Waals surface area contributed by atoms with Gasteiger partial charge in [-0.1, -0.05) is 28.1 Å². The van der Waals surface area contributed by atoms with E-state index < -0.39 is 0 Å². The molecule has 5 heteroatoms. The van der Waals surface area contributed by atoms with Crippen LogP contribution in [0.15, 0.2) is 46.9 Å². The van der Waals surface area contributed by atoms with Gasteiger partial charge >= 0.3 is 0 Å². The number of hydrogen-bond donors (Lipinski definition) is 1. The van der Waals surface area contributed by atoms with Crippen molar-refractivity contribution in [2.24, 2.45) is 0 Å². The number of ketones is 2. The van der Waals surface area contributed by atoms with Crippen molar-refractivity contribution in [3.63, 3.8) is 0 Å². The molecule has 0 unspecified atom stereocenters. The molecule has 0 spiro atoms. The predicted molar refractivity (Wildman–Crippen MR) is 102 cm³/mol. The first kappa shape index (κ1) is 19.3. The van der Waals surface area contributed by atoms with Crippen LogP contribution in [0.4, 0.5) is 0 Å².